The number of aromatic amines is 1. The van der Waals surface area contributed by atoms with Crippen molar-refractivity contribution in [1.29, 1.82) is 0 Å². The van der Waals surface area contributed by atoms with Gasteiger partial charge in [0.25, 0.3) is 5.56 Å². The van der Waals surface area contributed by atoms with Crippen LogP contribution in [0.5, 0.6) is 0 Å². The van der Waals surface area contributed by atoms with Crippen LogP contribution in [0.3, 0.4) is 0 Å². The van der Waals surface area contributed by atoms with E-state index in [-0.39, 0.29) is 6.61 Å². The summed E-state index contributed by atoms with van der Waals surface area (Å²) in [4.78, 5) is 24.1. The van der Waals surface area contributed by atoms with Crippen molar-refractivity contribution in [3.8, 4) is 0 Å². The van der Waals surface area contributed by atoms with E-state index in [1.165, 1.54) is 0 Å². The lowest BCUT2D eigenvalue weighted by atomic mass is 10.1. The molecule has 1 fully saturated rings. The molecule has 0 aliphatic carbocycles. The van der Waals surface area contributed by atoms with Crippen molar-refractivity contribution in [3.63, 3.8) is 0 Å². The Bertz CT molecular complexity index is 559. The van der Waals surface area contributed by atoms with Gasteiger partial charge < -0.3 is 15.3 Å². The molecule has 100 valence electrons. The number of aromatic nitrogens is 2. The number of halogens is 1. The lowest BCUT2D eigenvalue weighted by molar-refractivity contribution is 0.00997. The van der Waals surface area contributed by atoms with Gasteiger partial charge in [0.1, 0.15) is 11.5 Å². The second kappa shape index (κ2) is 4.84. The Hall–Kier alpha value is -1.16. The van der Waals surface area contributed by atoms with E-state index in [0.717, 1.165) is 16.3 Å². The maximum Gasteiger partial charge on any atom is 0.329 e. The highest BCUT2D eigenvalue weighted by Crippen LogP contribution is 2.40. The molecule has 1 aliphatic heterocycles. The molecule has 0 aromatic carbocycles. The minimum Gasteiger partial charge on any atom is -0.395 e. The number of nitrogens with zero attached hydrogens (tertiary/aromatic N) is 1. The summed E-state index contributed by atoms with van der Waals surface area (Å²) in [6, 6.07) is 0. The van der Waals surface area contributed by atoms with Crippen LogP contribution >= 0.6 is 11.8 Å². The molecular formula is C9H11FN2O5S. The molecule has 2 rings (SSSR count). The van der Waals surface area contributed by atoms with Crippen LogP contribution < -0.4 is 11.2 Å². The van der Waals surface area contributed by atoms with Crippen molar-refractivity contribution in [2.75, 3.05) is 6.61 Å². The van der Waals surface area contributed by atoms with Gasteiger partial charge >= 0.3 is 5.69 Å². The third-order valence-corrected chi connectivity index (χ3v) is 4.28. The van der Waals surface area contributed by atoms with Crippen molar-refractivity contribution >= 4 is 11.8 Å². The molecule has 1 aromatic rings. The van der Waals surface area contributed by atoms with Crippen LogP contribution in [0.15, 0.2) is 15.8 Å². The summed E-state index contributed by atoms with van der Waals surface area (Å²) in [5.41, 5.74) is -2.03. The first-order chi connectivity index (χ1) is 8.45. The van der Waals surface area contributed by atoms with Gasteiger partial charge in [0, 0.05) is 0 Å². The highest BCUT2D eigenvalue weighted by atomic mass is 32.2. The molecule has 0 radical (unpaired) electrons. The number of rotatable bonds is 2. The summed E-state index contributed by atoms with van der Waals surface area (Å²) >= 11 is 0.933. The van der Waals surface area contributed by atoms with Gasteiger partial charge in [0.05, 0.1) is 24.2 Å². The van der Waals surface area contributed by atoms with Crippen LogP contribution in [0.4, 0.5) is 4.39 Å². The molecule has 0 unspecified atom stereocenters. The van der Waals surface area contributed by atoms with E-state index in [4.69, 9.17) is 5.11 Å². The van der Waals surface area contributed by atoms with Crippen LogP contribution in [0.2, 0.25) is 0 Å². The van der Waals surface area contributed by atoms with Crippen molar-refractivity contribution < 1.29 is 19.7 Å². The van der Waals surface area contributed by atoms with Crippen molar-refractivity contribution in [3.05, 3.63) is 32.9 Å². The maximum atomic E-state index is 13.1. The number of thioether (sulfide) groups is 1. The molecule has 0 bridgehead atoms. The molecule has 1 aromatic heterocycles. The summed E-state index contributed by atoms with van der Waals surface area (Å²) in [6.07, 6.45) is -1.89. The monoisotopic (exact) mass is 278 g/mol. The first kappa shape index (κ1) is 13.3. The first-order valence-corrected chi connectivity index (χ1v) is 6.03. The zero-order chi connectivity index (χ0) is 13.4. The third-order valence-electron chi connectivity index (χ3n) is 2.72. The molecule has 4 N–H and O–H groups in total. The van der Waals surface area contributed by atoms with Gasteiger partial charge in [-0.25, -0.2) is 4.79 Å². The smallest absolute Gasteiger partial charge is 0.329 e. The Kier molecular flexibility index (Phi) is 3.57. The molecule has 0 spiro atoms. The maximum absolute atomic E-state index is 13.1. The fourth-order valence-corrected chi connectivity index (χ4v) is 3.14. The largest absolute Gasteiger partial charge is 0.395 e. The number of aliphatic hydroxyl groups is 3. The molecule has 0 amide bonds. The zero-order valence-electron chi connectivity index (χ0n) is 8.99. The minimum atomic E-state index is -1.34. The predicted molar refractivity (Wildman–Crippen MR) is 60.8 cm³/mol. The average molecular weight is 278 g/mol. The van der Waals surface area contributed by atoms with E-state index >= 15 is 0 Å². The fourth-order valence-electron chi connectivity index (χ4n) is 1.76. The van der Waals surface area contributed by atoms with E-state index in [0.29, 0.717) is 6.20 Å². The van der Waals surface area contributed by atoms with Gasteiger partial charge in [-0.05, 0) is 0 Å². The fraction of sp³-hybridized carbons (Fsp3) is 0.556. The summed E-state index contributed by atoms with van der Waals surface area (Å²) in [6.45, 7) is -0.389. The number of aliphatic hydroxyl groups excluding tert-OH is 3. The van der Waals surface area contributed by atoms with Crippen molar-refractivity contribution in [2.45, 2.75) is 22.8 Å². The van der Waals surface area contributed by atoms with Crippen LogP contribution in [0.1, 0.15) is 5.37 Å². The third kappa shape index (κ3) is 2.09. The van der Waals surface area contributed by atoms with Crippen molar-refractivity contribution in [2.24, 2.45) is 0 Å². The van der Waals surface area contributed by atoms with Gasteiger partial charge in [-0.3, -0.25) is 14.3 Å². The SMILES string of the molecule is O=c1[nH]c(=O)n([C@H]2S[C@H](CO)[C@@H](O)[C@H]2O)cc1F. The summed E-state index contributed by atoms with van der Waals surface area (Å²) in [7, 11) is 0. The number of nitrogens with one attached hydrogen (secondary N) is 1. The van der Waals surface area contributed by atoms with Crippen molar-refractivity contribution in [1.82, 2.24) is 9.55 Å². The standard InChI is InChI=1S/C9H11FN2O5S/c10-3-1-12(9(17)11-7(3)16)8-6(15)5(14)4(2-13)18-8/h1,4-6,8,13-15H,2H2,(H,11,16,17)/t4-,5-,6-,8+/m1/s1. The highest BCUT2D eigenvalue weighted by Gasteiger charge is 2.43. The number of H-pyrrole nitrogens is 1. The Morgan fingerprint density at radius 2 is 2.06 bits per heavy atom. The Labute approximate surface area is 104 Å². The molecule has 2 heterocycles. The minimum absolute atomic E-state index is 0.389. The predicted octanol–water partition coefficient (Wildman–Crippen LogP) is -2.00. The summed E-state index contributed by atoms with van der Waals surface area (Å²) in [5.74, 6) is -1.16. The van der Waals surface area contributed by atoms with Gasteiger partial charge in [-0.1, -0.05) is 0 Å². The van der Waals surface area contributed by atoms with E-state index in [9.17, 15) is 24.2 Å². The van der Waals surface area contributed by atoms with Gasteiger partial charge in [-0.15, -0.1) is 11.8 Å². The molecule has 1 aliphatic rings. The Morgan fingerprint density at radius 3 is 2.61 bits per heavy atom. The molecular weight excluding hydrogens is 267 g/mol. The number of hydrogen-bond donors (Lipinski definition) is 4. The number of hydrogen-bond acceptors (Lipinski definition) is 6. The van der Waals surface area contributed by atoms with Gasteiger partial charge in [0.15, 0.2) is 0 Å². The molecule has 4 atom stereocenters. The molecule has 7 nitrogen and oxygen atoms in total. The second-order valence-electron chi connectivity index (χ2n) is 3.87. The normalized spacial score (nSPS) is 31.8. The molecule has 18 heavy (non-hydrogen) atoms. The van der Waals surface area contributed by atoms with E-state index in [1.807, 2.05) is 0 Å². The lowest BCUT2D eigenvalue weighted by Crippen LogP contribution is -2.38. The van der Waals surface area contributed by atoms with E-state index in [2.05, 4.69) is 0 Å². The van der Waals surface area contributed by atoms with Gasteiger partial charge in [0.2, 0.25) is 5.82 Å². The summed E-state index contributed by atoms with van der Waals surface area (Å²) < 4.78 is 13.9. The quantitative estimate of drug-likeness (QED) is 0.497. The highest BCUT2D eigenvalue weighted by molar-refractivity contribution is 8.00. The first-order valence-electron chi connectivity index (χ1n) is 5.09. The van der Waals surface area contributed by atoms with Crippen LogP contribution in [0, 0.1) is 5.82 Å². The summed E-state index contributed by atoms with van der Waals surface area (Å²) in [5, 5.41) is 26.7. The Balaban J connectivity index is 2.42. The lowest BCUT2D eigenvalue weighted by Gasteiger charge is -2.17. The molecule has 1 saturated heterocycles. The zero-order valence-corrected chi connectivity index (χ0v) is 9.80. The van der Waals surface area contributed by atoms with E-state index in [1.54, 1.807) is 4.98 Å². The van der Waals surface area contributed by atoms with E-state index < -0.39 is 39.9 Å². The van der Waals surface area contributed by atoms with Crippen LogP contribution in [-0.2, 0) is 0 Å². The topological polar surface area (TPSA) is 116 Å². The average Bonchev–Trinajstić information content (AvgIpc) is 2.61. The molecule has 9 heteroatoms. The van der Waals surface area contributed by atoms with Crippen LogP contribution in [-0.4, -0.2) is 48.9 Å². The van der Waals surface area contributed by atoms with Crippen LogP contribution in [0.25, 0.3) is 0 Å². The second-order valence-corrected chi connectivity index (χ2v) is 5.23. The molecule has 0 saturated carbocycles. The van der Waals surface area contributed by atoms with Gasteiger partial charge in [-0.2, -0.15) is 4.39 Å². The Morgan fingerprint density at radius 1 is 1.39 bits per heavy atom.